The van der Waals surface area contributed by atoms with Crippen molar-refractivity contribution in [3.63, 3.8) is 0 Å². The lowest BCUT2D eigenvalue weighted by molar-refractivity contribution is 0.236. The van der Waals surface area contributed by atoms with Gasteiger partial charge in [0.25, 0.3) is 0 Å². The van der Waals surface area contributed by atoms with Gasteiger partial charge < -0.3 is 10.6 Å². The number of aryl methyl sites for hydroxylation is 1. The Kier molecular flexibility index (Phi) is 8.22. The fraction of sp³-hybridized carbons (Fsp3) is 0.467. The van der Waals surface area contributed by atoms with E-state index in [2.05, 4.69) is 51.1 Å². The van der Waals surface area contributed by atoms with E-state index < -0.39 is 0 Å². The number of amides is 2. The summed E-state index contributed by atoms with van der Waals surface area (Å²) >= 11 is 0. The van der Waals surface area contributed by atoms with Gasteiger partial charge in [-0.05, 0) is 74.3 Å². The second-order valence-electron chi connectivity index (χ2n) is 10.7. The third kappa shape index (κ3) is 6.34. The Morgan fingerprint density at radius 2 is 1.76 bits per heavy atom. The third-order valence-electron chi connectivity index (χ3n) is 7.98. The van der Waals surface area contributed by atoms with Crippen molar-refractivity contribution in [2.24, 2.45) is 13.0 Å². The van der Waals surface area contributed by atoms with Crippen LogP contribution in [0.25, 0.3) is 11.1 Å². The van der Waals surface area contributed by atoms with Gasteiger partial charge in [0.05, 0.1) is 11.8 Å². The number of pyridine rings is 1. The zero-order valence-corrected chi connectivity index (χ0v) is 22.1. The smallest absolute Gasteiger partial charge is 0.322 e. The van der Waals surface area contributed by atoms with Gasteiger partial charge >= 0.3 is 6.03 Å². The molecule has 2 fully saturated rings. The molecule has 198 valence electrons. The van der Waals surface area contributed by atoms with Crippen molar-refractivity contribution < 1.29 is 4.79 Å². The van der Waals surface area contributed by atoms with Crippen molar-refractivity contribution in [3.8, 4) is 17.2 Å². The van der Waals surface area contributed by atoms with Gasteiger partial charge in [-0.1, -0.05) is 31.4 Å². The molecule has 2 aromatic heterocycles. The van der Waals surface area contributed by atoms with E-state index >= 15 is 0 Å². The van der Waals surface area contributed by atoms with Gasteiger partial charge in [-0.3, -0.25) is 9.58 Å². The molecule has 5 rings (SSSR count). The molecule has 0 unspecified atom stereocenters. The van der Waals surface area contributed by atoms with E-state index in [1.807, 2.05) is 30.4 Å². The maximum atomic E-state index is 13.6. The highest BCUT2D eigenvalue weighted by atomic mass is 16.2. The number of aromatic nitrogens is 3. The molecule has 2 amide bonds. The van der Waals surface area contributed by atoms with E-state index in [4.69, 9.17) is 5.26 Å². The fourth-order valence-electron chi connectivity index (χ4n) is 5.82. The number of rotatable bonds is 7. The summed E-state index contributed by atoms with van der Waals surface area (Å²) < 4.78 is 1.80. The first kappa shape index (κ1) is 25.8. The molecule has 2 N–H and O–H groups in total. The van der Waals surface area contributed by atoms with Crippen LogP contribution in [0, 0.1) is 17.2 Å². The minimum Gasteiger partial charge on any atom is -0.367 e. The van der Waals surface area contributed by atoms with Crippen LogP contribution in [-0.4, -0.2) is 39.4 Å². The summed E-state index contributed by atoms with van der Waals surface area (Å²) in [7, 11) is 1.92. The monoisotopic (exact) mass is 511 g/mol. The summed E-state index contributed by atoms with van der Waals surface area (Å²) in [6.45, 7) is 0.754. The third-order valence-corrected chi connectivity index (χ3v) is 7.98. The number of hydrogen-bond acceptors (Lipinski definition) is 5. The first-order chi connectivity index (χ1) is 18.6. The molecule has 1 aromatic carbocycles. The van der Waals surface area contributed by atoms with E-state index in [1.54, 1.807) is 16.9 Å². The Morgan fingerprint density at radius 1 is 1.00 bits per heavy atom. The van der Waals surface area contributed by atoms with Crippen LogP contribution in [0.4, 0.5) is 16.3 Å². The molecule has 8 nitrogen and oxygen atoms in total. The summed E-state index contributed by atoms with van der Waals surface area (Å²) in [6.07, 6.45) is 15.5. The summed E-state index contributed by atoms with van der Waals surface area (Å²) in [5.41, 5.74) is 3.65. The molecule has 2 aliphatic rings. The molecule has 0 spiro atoms. The van der Waals surface area contributed by atoms with E-state index in [-0.39, 0.29) is 12.1 Å². The van der Waals surface area contributed by atoms with Crippen LogP contribution in [0.3, 0.4) is 0 Å². The largest absolute Gasteiger partial charge is 0.367 e. The quantitative estimate of drug-likeness (QED) is 0.413. The summed E-state index contributed by atoms with van der Waals surface area (Å²) in [6, 6.07) is 14.5. The van der Waals surface area contributed by atoms with Gasteiger partial charge in [0.2, 0.25) is 0 Å². The normalized spacial score (nSPS) is 19.9. The molecule has 0 saturated heterocycles. The minimum absolute atomic E-state index is 0.00914. The number of carbonyl (C=O) groups is 1. The number of carbonyl (C=O) groups excluding carboxylic acids is 1. The number of benzene rings is 1. The van der Waals surface area contributed by atoms with Crippen LogP contribution in [0.1, 0.15) is 63.4 Å². The summed E-state index contributed by atoms with van der Waals surface area (Å²) in [5, 5.41) is 20.1. The maximum absolute atomic E-state index is 13.6. The van der Waals surface area contributed by atoms with Gasteiger partial charge in [-0.25, -0.2) is 9.78 Å². The standard InChI is InChI=1S/C30H37N7O/c1-36-21-25(20-34-36)24-8-12-27(13-9-24)37(30(38)33-18-22-5-3-2-4-6-22)28-14-10-26(11-15-28)35-29-16-7-23(17-31)19-32-29/h7-9,12-13,16,19-22,26,28H,2-6,10-11,14-15,18H2,1H3,(H,32,35)(H,33,38)/t26-,28-. The topological polar surface area (TPSA) is 98.9 Å². The second kappa shape index (κ2) is 12.1. The number of nitriles is 1. The molecule has 2 saturated carbocycles. The Hall–Kier alpha value is -3.86. The predicted molar refractivity (Wildman–Crippen MR) is 150 cm³/mol. The zero-order valence-electron chi connectivity index (χ0n) is 22.1. The average molecular weight is 512 g/mol. The first-order valence-corrected chi connectivity index (χ1v) is 13.9. The first-order valence-electron chi connectivity index (χ1n) is 13.9. The van der Waals surface area contributed by atoms with Crippen LogP contribution in [-0.2, 0) is 7.05 Å². The van der Waals surface area contributed by atoms with Gasteiger partial charge in [-0.2, -0.15) is 10.4 Å². The molecule has 3 aromatic rings. The lowest BCUT2D eigenvalue weighted by Crippen LogP contribution is -2.49. The van der Waals surface area contributed by atoms with Crippen molar-refractivity contribution in [1.82, 2.24) is 20.1 Å². The predicted octanol–water partition coefficient (Wildman–Crippen LogP) is 5.87. The van der Waals surface area contributed by atoms with Gasteiger partial charge in [0.1, 0.15) is 11.9 Å². The van der Waals surface area contributed by atoms with Crippen molar-refractivity contribution in [1.29, 1.82) is 5.26 Å². The maximum Gasteiger partial charge on any atom is 0.322 e. The van der Waals surface area contributed by atoms with Crippen LogP contribution < -0.4 is 15.5 Å². The van der Waals surface area contributed by atoms with Crippen molar-refractivity contribution in [3.05, 3.63) is 60.6 Å². The number of urea groups is 1. The van der Waals surface area contributed by atoms with Crippen molar-refractivity contribution in [2.75, 3.05) is 16.8 Å². The molecule has 8 heteroatoms. The fourth-order valence-corrected chi connectivity index (χ4v) is 5.82. The lowest BCUT2D eigenvalue weighted by atomic mass is 9.89. The minimum atomic E-state index is 0.00914. The molecular weight excluding hydrogens is 474 g/mol. The van der Waals surface area contributed by atoms with Crippen LogP contribution in [0.15, 0.2) is 55.0 Å². The van der Waals surface area contributed by atoms with Crippen molar-refractivity contribution in [2.45, 2.75) is 69.9 Å². The number of hydrogen-bond donors (Lipinski definition) is 2. The van der Waals surface area contributed by atoms with Crippen LogP contribution >= 0.6 is 0 Å². The molecular formula is C30H37N7O. The number of nitrogens with zero attached hydrogens (tertiary/aromatic N) is 5. The number of nitrogens with one attached hydrogen (secondary N) is 2. The summed E-state index contributed by atoms with van der Waals surface area (Å²) in [4.78, 5) is 20.0. The van der Waals surface area contributed by atoms with E-state index in [1.165, 1.54) is 32.1 Å². The molecule has 2 aliphatic carbocycles. The van der Waals surface area contributed by atoms with Crippen LogP contribution in [0.2, 0.25) is 0 Å². The Labute approximate surface area is 225 Å². The van der Waals surface area contributed by atoms with Crippen molar-refractivity contribution >= 4 is 17.5 Å². The molecule has 0 aliphatic heterocycles. The van der Waals surface area contributed by atoms with E-state index in [0.717, 1.165) is 54.9 Å². The highest BCUT2D eigenvalue weighted by molar-refractivity contribution is 5.93. The molecule has 0 atom stereocenters. The Bertz CT molecular complexity index is 1230. The Morgan fingerprint density at radius 3 is 2.39 bits per heavy atom. The summed E-state index contributed by atoms with van der Waals surface area (Å²) in [5.74, 6) is 1.38. The van der Waals surface area contributed by atoms with Gasteiger partial charge in [0, 0.05) is 49.3 Å². The van der Waals surface area contributed by atoms with E-state index in [0.29, 0.717) is 17.5 Å². The van der Waals surface area contributed by atoms with E-state index in [9.17, 15) is 4.79 Å². The van der Waals surface area contributed by atoms with Gasteiger partial charge in [0.15, 0.2) is 0 Å². The second-order valence-corrected chi connectivity index (χ2v) is 10.7. The molecule has 0 radical (unpaired) electrons. The highest BCUT2D eigenvalue weighted by Gasteiger charge is 2.30. The highest BCUT2D eigenvalue weighted by Crippen LogP contribution is 2.31. The molecule has 0 bridgehead atoms. The molecule has 38 heavy (non-hydrogen) atoms. The average Bonchev–Trinajstić information content (AvgIpc) is 3.40. The Balaban J connectivity index is 1.27. The van der Waals surface area contributed by atoms with Gasteiger partial charge in [-0.15, -0.1) is 0 Å². The molecule has 2 heterocycles. The number of anilines is 2. The van der Waals surface area contributed by atoms with Crippen LogP contribution in [0.5, 0.6) is 0 Å². The SMILES string of the molecule is Cn1cc(-c2ccc(N(C(=O)NCC3CCCCC3)[C@H]3CC[C@H](Nc4ccc(C#N)cn4)CC3)cc2)cn1. The lowest BCUT2D eigenvalue weighted by Gasteiger charge is -2.37. The zero-order chi connectivity index (χ0) is 26.3.